The van der Waals surface area contributed by atoms with E-state index in [0.29, 0.717) is 35.3 Å². The Morgan fingerprint density at radius 3 is 2.56 bits per heavy atom. The van der Waals surface area contributed by atoms with Gasteiger partial charge in [-0.3, -0.25) is 0 Å². The van der Waals surface area contributed by atoms with Gasteiger partial charge in [0.15, 0.2) is 0 Å². The predicted octanol–water partition coefficient (Wildman–Crippen LogP) is 4.22. The van der Waals surface area contributed by atoms with Crippen molar-refractivity contribution >= 4 is 5.97 Å². The van der Waals surface area contributed by atoms with Gasteiger partial charge in [-0.1, -0.05) is 30.8 Å². The van der Waals surface area contributed by atoms with Gasteiger partial charge in [0.1, 0.15) is 24.8 Å². The predicted molar refractivity (Wildman–Crippen MR) is 103 cm³/mol. The molecule has 0 atom stereocenters. The van der Waals surface area contributed by atoms with E-state index in [1.165, 1.54) is 6.07 Å². The van der Waals surface area contributed by atoms with Crippen LogP contribution in [0.1, 0.15) is 24.5 Å². The highest BCUT2D eigenvalue weighted by Gasteiger charge is 2.13. The number of carbonyl (C=O) groups excluding carboxylic acids is 1. The minimum atomic E-state index is -0.472. The second-order valence-electron chi connectivity index (χ2n) is 6.41. The second kappa shape index (κ2) is 9.88. The molecule has 27 heavy (non-hydrogen) atoms. The number of ether oxygens (including phenoxy) is 2. The van der Waals surface area contributed by atoms with Gasteiger partial charge in [-0.15, -0.1) is 0 Å². The molecule has 0 aliphatic carbocycles. The summed E-state index contributed by atoms with van der Waals surface area (Å²) in [5, 5.41) is 9.03. The van der Waals surface area contributed by atoms with Gasteiger partial charge in [-0.25, -0.2) is 9.18 Å². The van der Waals surface area contributed by atoms with Gasteiger partial charge in [0.25, 0.3) is 0 Å². The lowest BCUT2D eigenvalue weighted by Gasteiger charge is -2.15. The number of aliphatic hydroxyl groups is 1. The molecule has 0 saturated heterocycles. The molecule has 0 fully saturated rings. The molecule has 0 amide bonds. The molecule has 4 nitrogen and oxygen atoms in total. The number of hydrogen-bond donors (Lipinski definition) is 1. The SMILES string of the molecule is C=C(C)C(=O)OCCOc1cc(CCCO)ccc1-c1ccc(C)cc1F. The smallest absolute Gasteiger partial charge is 0.333 e. The molecule has 144 valence electrons. The van der Waals surface area contributed by atoms with Crippen LogP contribution in [0.4, 0.5) is 4.39 Å². The average molecular weight is 372 g/mol. The van der Waals surface area contributed by atoms with Crippen LogP contribution in [-0.4, -0.2) is 30.9 Å². The van der Waals surface area contributed by atoms with Crippen molar-refractivity contribution in [1.82, 2.24) is 0 Å². The van der Waals surface area contributed by atoms with Crippen LogP contribution in [0, 0.1) is 12.7 Å². The van der Waals surface area contributed by atoms with Gasteiger partial charge in [0.2, 0.25) is 0 Å². The first-order chi connectivity index (χ1) is 12.9. The molecule has 0 aliphatic rings. The first-order valence-corrected chi connectivity index (χ1v) is 8.88. The number of aryl methyl sites for hydroxylation is 2. The second-order valence-corrected chi connectivity index (χ2v) is 6.41. The monoisotopic (exact) mass is 372 g/mol. The highest BCUT2D eigenvalue weighted by Crippen LogP contribution is 2.33. The van der Waals surface area contributed by atoms with E-state index in [1.807, 2.05) is 31.2 Å². The first-order valence-electron chi connectivity index (χ1n) is 8.88. The van der Waals surface area contributed by atoms with Crippen molar-refractivity contribution in [3.8, 4) is 16.9 Å². The zero-order valence-corrected chi connectivity index (χ0v) is 15.8. The summed E-state index contributed by atoms with van der Waals surface area (Å²) in [5.41, 5.74) is 3.22. The Balaban J connectivity index is 2.22. The van der Waals surface area contributed by atoms with Gasteiger partial charge in [0, 0.05) is 23.3 Å². The van der Waals surface area contributed by atoms with Crippen LogP contribution in [0.25, 0.3) is 11.1 Å². The summed E-state index contributed by atoms with van der Waals surface area (Å²) in [6, 6.07) is 10.6. The van der Waals surface area contributed by atoms with E-state index in [1.54, 1.807) is 13.0 Å². The Morgan fingerprint density at radius 2 is 1.89 bits per heavy atom. The number of esters is 1. The van der Waals surface area contributed by atoms with Crippen molar-refractivity contribution in [1.29, 1.82) is 0 Å². The quantitative estimate of drug-likeness (QED) is 0.407. The number of rotatable bonds is 9. The Kier molecular flexibility index (Phi) is 7.55. The zero-order valence-electron chi connectivity index (χ0n) is 15.8. The van der Waals surface area contributed by atoms with Crippen molar-refractivity contribution in [3.63, 3.8) is 0 Å². The standard InChI is InChI=1S/C22H25FO4/c1-15(2)22(25)27-12-11-26-21-14-17(5-4-10-24)7-9-19(21)18-8-6-16(3)13-20(18)23/h6-9,13-14,24H,1,4-5,10-12H2,2-3H3. The molecule has 0 bridgehead atoms. The fourth-order valence-corrected chi connectivity index (χ4v) is 2.60. The van der Waals surface area contributed by atoms with Crippen LogP contribution in [0.2, 0.25) is 0 Å². The van der Waals surface area contributed by atoms with Crippen LogP contribution < -0.4 is 4.74 Å². The minimum absolute atomic E-state index is 0.0718. The Morgan fingerprint density at radius 1 is 1.15 bits per heavy atom. The van der Waals surface area contributed by atoms with Crippen molar-refractivity contribution in [2.75, 3.05) is 19.8 Å². The van der Waals surface area contributed by atoms with Gasteiger partial charge in [0.05, 0.1) is 0 Å². The Hall–Kier alpha value is -2.66. The van der Waals surface area contributed by atoms with Crippen molar-refractivity contribution < 1.29 is 23.8 Å². The molecule has 1 N–H and O–H groups in total. The fraction of sp³-hybridized carbons (Fsp3) is 0.318. The van der Waals surface area contributed by atoms with Crippen LogP contribution in [-0.2, 0) is 16.0 Å². The summed E-state index contributed by atoms with van der Waals surface area (Å²) in [4.78, 5) is 11.4. The fourth-order valence-electron chi connectivity index (χ4n) is 2.60. The number of hydrogen-bond acceptors (Lipinski definition) is 4. The lowest BCUT2D eigenvalue weighted by atomic mass is 9.99. The number of halogens is 1. The van der Waals surface area contributed by atoms with E-state index < -0.39 is 5.97 Å². The van der Waals surface area contributed by atoms with Gasteiger partial charge in [-0.2, -0.15) is 0 Å². The van der Waals surface area contributed by atoms with Crippen LogP contribution in [0.3, 0.4) is 0 Å². The molecule has 0 aromatic heterocycles. The molecule has 0 unspecified atom stereocenters. The molecule has 0 spiro atoms. The van der Waals surface area contributed by atoms with E-state index in [4.69, 9.17) is 14.6 Å². The van der Waals surface area contributed by atoms with Gasteiger partial charge < -0.3 is 14.6 Å². The van der Waals surface area contributed by atoms with Crippen LogP contribution in [0.15, 0.2) is 48.6 Å². The van der Waals surface area contributed by atoms with Crippen LogP contribution >= 0.6 is 0 Å². The van der Waals surface area contributed by atoms with Crippen molar-refractivity contribution in [2.24, 2.45) is 0 Å². The number of aliphatic hydroxyl groups excluding tert-OH is 1. The molecule has 0 saturated carbocycles. The molecular formula is C22H25FO4. The highest BCUT2D eigenvalue weighted by atomic mass is 19.1. The van der Waals surface area contributed by atoms with E-state index in [0.717, 1.165) is 11.1 Å². The Labute approximate surface area is 159 Å². The lowest BCUT2D eigenvalue weighted by Crippen LogP contribution is -2.13. The van der Waals surface area contributed by atoms with Crippen LogP contribution in [0.5, 0.6) is 5.75 Å². The van der Waals surface area contributed by atoms with E-state index in [-0.39, 0.29) is 25.6 Å². The average Bonchev–Trinajstić information content (AvgIpc) is 2.63. The molecule has 0 heterocycles. The maximum atomic E-state index is 14.4. The van der Waals surface area contributed by atoms with Gasteiger partial charge >= 0.3 is 5.97 Å². The molecule has 0 radical (unpaired) electrons. The molecule has 0 aliphatic heterocycles. The zero-order chi connectivity index (χ0) is 19.8. The minimum Gasteiger partial charge on any atom is -0.489 e. The molecule has 2 aromatic carbocycles. The van der Waals surface area contributed by atoms with E-state index in [2.05, 4.69) is 6.58 Å². The third kappa shape index (κ3) is 5.93. The molecule has 2 aromatic rings. The molecule has 5 heteroatoms. The first kappa shape index (κ1) is 20.6. The summed E-state index contributed by atoms with van der Waals surface area (Å²) < 4.78 is 25.3. The maximum Gasteiger partial charge on any atom is 0.333 e. The topological polar surface area (TPSA) is 55.8 Å². The molecule has 2 rings (SSSR count). The van der Waals surface area contributed by atoms with Gasteiger partial charge in [-0.05, 0) is 49.9 Å². The maximum absolute atomic E-state index is 14.4. The largest absolute Gasteiger partial charge is 0.489 e. The third-order valence-electron chi connectivity index (χ3n) is 4.01. The van der Waals surface area contributed by atoms with E-state index in [9.17, 15) is 9.18 Å². The number of carbonyl (C=O) groups is 1. The molecular weight excluding hydrogens is 347 g/mol. The van der Waals surface area contributed by atoms with Crippen molar-refractivity contribution in [3.05, 3.63) is 65.5 Å². The summed E-state index contributed by atoms with van der Waals surface area (Å²) in [6.07, 6.45) is 1.32. The summed E-state index contributed by atoms with van der Waals surface area (Å²) >= 11 is 0. The lowest BCUT2D eigenvalue weighted by molar-refractivity contribution is -0.139. The van der Waals surface area contributed by atoms with Crippen molar-refractivity contribution in [2.45, 2.75) is 26.7 Å². The normalized spacial score (nSPS) is 10.5. The third-order valence-corrected chi connectivity index (χ3v) is 4.01. The van der Waals surface area contributed by atoms with E-state index >= 15 is 0 Å². The Bertz CT molecular complexity index is 814. The summed E-state index contributed by atoms with van der Waals surface area (Å²) in [6.45, 7) is 7.24. The highest BCUT2D eigenvalue weighted by molar-refractivity contribution is 5.86. The number of benzene rings is 2. The summed E-state index contributed by atoms with van der Waals surface area (Å²) in [7, 11) is 0. The summed E-state index contributed by atoms with van der Waals surface area (Å²) in [5.74, 6) is -0.281.